The highest BCUT2D eigenvalue weighted by Gasteiger charge is 2.22. The molecule has 7 nitrogen and oxygen atoms in total. The van der Waals surface area contributed by atoms with Crippen LogP contribution >= 0.6 is 0 Å². The summed E-state index contributed by atoms with van der Waals surface area (Å²) in [5.74, 6) is 1.80. The van der Waals surface area contributed by atoms with Crippen LogP contribution in [0.5, 0.6) is 17.2 Å². The molecule has 0 fully saturated rings. The van der Waals surface area contributed by atoms with Gasteiger partial charge in [0.25, 0.3) is 0 Å². The third kappa shape index (κ3) is 5.35. The first-order chi connectivity index (χ1) is 12.9. The van der Waals surface area contributed by atoms with E-state index in [9.17, 15) is 8.42 Å². The van der Waals surface area contributed by atoms with E-state index in [0.717, 1.165) is 5.56 Å². The minimum absolute atomic E-state index is 0.168. The quantitative estimate of drug-likeness (QED) is 0.576. The monoisotopic (exact) mass is 395 g/mol. The standard InChI is InChI=1S/C19H25NO6S/c1-20(14-15-5-6-17(24-3)13-19(15)25-4)27(21,22)18-9-7-16(8-10-18)26-12-11-23-2/h5-10,13H,11-12,14H2,1-4H3. The molecule has 0 amide bonds. The summed E-state index contributed by atoms with van der Waals surface area (Å²) in [6.07, 6.45) is 0. The van der Waals surface area contributed by atoms with Crippen molar-refractivity contribution in [2.45, 2.75) is 11.4 Å². The number of benzene rings is 2. The number of hydrogen-bond acceptors (Lipinski definition) is 6. The summed E-state index contributed by atoms with van der Waals surface area (Å²) in [6, 6.07) is 11.6. The van der Waals surface area contributed by atoms with E-state index in [-0.39, 0.29) is 11.4 Å². The molecule has 148 valence electrons. The Morgan fingerprint density at radius 2 is 1.56 bits per heavy atom. The van der Waals surface area contributed by atoms with Gasteiger partial charge in [0.2, 0.25) is 10.0 Å². The van der Waals surface area contributed by atoms with E-state index in [1.807, 2.05) is 0 Å². The molecule has 0 bridgehead atoms. The van der Waals surface area contributed by atoms with Crippen molar-refractivity contribution in [1.82, 2.24) is 4.31 Å². The summed E-state index contributed by atoms with van der Waals surface area (Å²) < 4.78 is 47.8. The zero-order valence-corrected chi connectivity index (χ0v) is 16.8. The normalized spacial score (nSPS) is 11.4. The molecule has 0 atom stereocenters. The molecule has 2 rings (SSSR count). The lowest BCUT2D eigenvalue weighted by atomic mass is 10.2. The third-order valence-electron chi connectivity index (χ3n) is 3.98. The van der Waals surface area contributed by atoms with Crippen LogP contribution in [0.4, 0.5) is 0 Å². The number of sulfonamides is 1. The molecule has 2 aromatic carbocycles. The molecule has 0 aliphatic carbocycles. The first-order valence-electron chi connectivity index (χ1n) is 8.31. The fraction of sp³-hybridized carbons (Fsp3) is 0.368. The molecule has 0 saturated heterocycles. The van der Waals surface area contributed by atoms with Crippen LogP contribution in [-0.4, -0.2) is 54.3 Å². The lowest BCUT2D eigenvalue weighted by Gasteiger charge is -2.19. The van der Waals surface area contributed by atoms with Crippen LogP contribution in [0, 0.1) is 0 Å². The Balaban J connectivity index is 2.14. The fourth-order valence-electron chi connectivity index (χ4n) is 2.44. The van der Waals surface area contributed by atoms with Crippen molar-refractivity contribution in [3.05, 3.63) is 48.0 Å². The number of ether oxygens (including phenoxy) is 4. The molecule has 0 aliphatic rings. The highest BCUT2D eigenvalue weighted by molar-refractivity contribution is 7.89. The number of methoxy groups -OCH3 is 3. The molecular weight excluding hydrogens is 370 g/mol. The van der Waals surface area contributed by atoms with Gasteiger partial charge in [-0.15, -0.1) is 0 Å². The van der Waals surface area contributed by atoms with Gasteiger partial charge in [0.1, 0.15) is 23.9 Å². The summed E-state index contributed by atoms with van der Waals surface area (Å²) >= 11 is 0. The SMILES string of the molecule is COCCOc1ccc(S(=O)(=O)N(C)Cc2ccc(OC)cc2OC)cc1. The van der Waals surface area contributed by atoms with Gasteiger partial charge in [-0.25, -0.2) is 8.42 Å². The van der Waals surface area contributed by atoms with Gasteiger partial charge in [-0.3, -0.25) is 0 Å². The smallest absolute Gasteiger partial charge is 0.243 e. The average molecular weight is 395 g/mol. The van der Waals surface area contributed by atoms with Crippen molar-refractivity contribution >= 4 is 10.0 Å². The van der Waals surface area contributed by atoms with Crippen molar-refractivity contribution in [2.24, 2.45) is 0 Å². The minimum Gasteiger partial charge on any atom is -0.497 e. The van der Waals surface area contributed by atoms with E-state index in [1.54, 1.807) is 44.6 Å². The van der Waals surface area contributed by atoms with E-state index in [4.69, 9.17) is 18.9 Å². The molecule has 0 spiro atoms. The van der Waals surface area contributed by atoms with Crippen LogP contribution in [0.3, 0.4) is 0 Å². The lowest BCUT2D eigenvalue weighted by molar-refractivity contribution is 0.146. The van der Waals surface area contributed by atoms with Crippen LogP contribution in [0.1, 0.15) is 5.56 Å². The van der Waals surface area contributed by atoms with Crippen LogP contribution in [-0.2, 0) is 21.3 Å². The summed E-state index contributed by atoms with van der Waals surface area (Å²) in [7, 11) is 2.57. The largest absolute Gasteiger partial charge is 0.497 e. The van der Waals surface area contributed by atoms with Crippen molar-refractivity contribution in [2.75, 3.05) is 41.6 Å². The Morgan fingerprint density at radius 3 is 2.15 bits per heavy atom. The van der Waals surface area contributed by atoms with Crippen molar-refractivity contribution in [1.29, 1.82) is 0 Å². The van der Waals surface area contributed by atoms with E-state index >= 15 is 0 Å². The zero-order chi connectivity index (χ0) is 19.9. The van der Waals surface area contributed by atoms with E-state index in [2.05, 4.69) is 0 Å². The minimum atomic E-state index is -3.65. The molecule has 0 aromatic heterocycles. The molecular formula is C19H25NO6S. The Labute approximate surface area is 160 Å². The van der Waals surface area contributed by atoms with E-state index < -0.39 is 10.0 Å². The molecule has 0 aliphatic heterocycles. The summed E-state index contributed by atoms with van der Waals surface area (Å²) in [5, 5.41) is 0. The van der Waals surface area contributed by atoms with Crippen LogP contribution in [0.15, 0.2) is 47.4 Å². The Kier molecular flexibility index (Phi) is 7.46. The van der Waals surface area contributed by atoms with Crippen LogP contribution < -0.4 is 14.2 Å². The number of hydrogen-bond donors (Lipinski definition) is 0. The molecule has 27 heavy (non-hydrogen) atoms. The highest BCUT2D eigenvalue weighted by Crippen LogP contribution is 2.27. The van der Waals surface area contributed by atoms with E-state index in [1.165, 1.54) is 30.6 Å². The lowest BCUT2D eigenvalue weighted by Crippen LogP contribution is -2.26. The van der Waals surface area contributed by atoms with Gasteiger partial charge in [-0.1, -0.05) is 6.07 Å². The second-order valence-corrected chi connectivity index (χ2v) is 7.80. The molecule has 0 heterocycles. The summed E-state index contributed by atoms with van der Waals surface area (Å²) in [5.41, 5.74) is 0.740. The van der Waals surface area contributed by atoms with Crippen LogP contribution in [0.25, 0.3) is 0 Å². The third-order valence-corrected chi connectivity index (χ3v) is 5.79. The number of rotatable bonds is 10. The Morgan fingerprint density at radius 1 is 0.889 bits per heavy atom. The Bertz CT molecular complexity index is 836. The first-order valence-corrected chi connectivity index (χ1v) is 9.75. The first kappa shape index (κ1) is 21.0. The average Bonchev–Trinajstić information content (AvgIpc) is 2.68. The fourth-order valence-corrected chi connectivity index (χ4v) is 3.59. The predicted octanol–water partition coefficient (Wildman–Crippen LogP) is 2.55. The Hall–Kier alpha value is -2.29. The molecule has 0 unspecified atom stereocenters. The van der Waals surface area contributed by atoms with Crippen molar-refractivity contribution in [3.63, 3.8) is 0 Å². The summed E-state index contributed by atoms with van der Waals surface area (Å²) in [6.45, 7) is 1.04. The maximum Gasteiger partial charge on any atom is 0.243 e. The summed E-state index contributed by atoms with van der Waals surface area (Å²) in [4.78, 5) is 0.191. The molecule has 0 saturated carbocycles. The van der Waals surface area contributed by atoms with Crippen molar-refractivity contribution < 1.29 is 27.4 Å². The topological polar surface area (TPSA) is 74.3 Å². The van der Waals surface area contributed by atoms with Gasteiger partial charge in [0, 0.05) is 32.3 Å². The predicted molar refractivity (Wildman–Crippen MR) is 102 cm³/mol. The van der Waals surface area contributed by atoms with Gasteiger partial charge < -0.3 is 18.9 Å². The highest BCUT2D eigenvalue weighted by atomic mass is 32.2. The van der Waals surface area contributed by atoms with Gasteiger partial charge in [-0.05, 0) is 30.3 Å². The maximum atomic E-state index is 12.8. The molecule has 0 radical (unpaired) electrons. The molecule has 2 aromatic rings. The second-order valence-electron chi connectivity index (χ2n) is 5.75. The van der Waals surface area contributed by atoms with Gasteiger partial charge >= 0.3 is 0 Å². The molecule has 8 heteroatoms. The number of nitrogens with zero attached hydrogens (tertiary/aromatic N) is 1. The van der Waals surface area contributed by atoms with Gasteiger partial charge in [-0.2, -0.15) is 4.31 Å². The van der Waals surface area contributed by atoms with Crippen LogP contribution in [0.2, 0.25) is 0 Å². The van der Waals surface area contributed by atoms with Gasteiger partial charge in [0.05, 0.1) is 25.7 Å². The van der Waals surface area contributed by atoms with Crippen molar-refractivity contribution in [3.8, 4) is 17.2 Å². The maximum absolute atomic E-state index is 12.8. The second kappa shape index (κ2) is 9.59. The van der Waals surface area contributed by atoms with E-state index in [0.29, 0.717) is 30.5 Å². The van der Waals surface area contributed by atoms with Gasteiger partial charge in [0.15, 0.2) is 0 Å². The zero-order valence-electron chi connectivity index (χ0n) is 16.0. The molecule has 0 N–H and O–H groups in total.